The van der Waals surface area contributed by atoms with E-state index in [9.17, 15) is 9.59 Å². The Hall–Kier alpha value is -2.93. The zero-order valence-electron chi connectivity index (χ0n) is 17.0. The highest BCUT2D eigenvalue weighted by molar-refractivity contribution is 7.18. The number of amides is 1. The molecule has 152 valence electrons. The molecule has 0 radical (unpaired) electrons. The van der Waals surface area contributed by atoms with Crippen LogP contribution in [0.25, 0.3) is 10.2 Å². The van der Waals surface area contributed by atoms with E-state index in [2.05, 4.69) is 4.98 Å². The van der Waals surface area contributed by atoms with Crippen LogP contribution >= 0.6 is 11.3 Å². The number of carbonyl (C=O) groups excluding carboxylic acids is 2. The molecule has 3 aromatic rings. The number of aromatic nitrogens is 1. The Bertz CT molecular complexity index is 977. The molecule has 0 spiro atoms. The third kappa shape index (κ3) is 5.32. The van der Waals surface area contributed by atoms with E-state index in [1.54, 1.807) is 18.4 Å². The Morgan fingerprint density at radius 3 is 2.48 bits per heavy atom. The van der Waals surface area contributed by atoms with Gasteiger partial charge in [-0.25, -0.2) is 9.78 Å². The van der Waals surface area contributed by atoms with Gasteiger partial charge in [-0.2, -0.15) is 0 Å². The van der Waals surface area contributed by atoms with Crippen molar-refractivity contribution in [1.29, 1.82) is 0 Å². The summed E-state index contributed by atoms with van der Waals surface area (Å²) in [5.41, 5.74) is 3.01. The van der Waals surface area contributed by atoms with Gasteiger partial charge in [-0.3, -0.25) is 4.79 Å². The van der Waals surface area contributed by atoms with Crippen molar-refractivity contribution in [1.82, 2.24) is 9.88 Å². The van der Waals surface area contributed by atoms with E-state index in [4.69, 9.17) is 9.47 Å². The standard InChI is InChI=1S/C22H24N2O4S/c1-14-9-15(2)11-17(10-14)27-13-21(26)28-12-20(25)24(4)16(3)22-23-18-7-5-6-8-19(18)29-22/h5-11,16H,12-13H2,1-4H3/t16-/m1/s1. The largest absolute Gasteiger partial charge is 0.482 e. The first-order valence-corrected chi connectivity index (χ1v) is 10.1. The van der Waals surface area contributed by atoms with Gasteiger partial charge in [-0.15, -0.1) is 11.3 Å². The molecule has 1 atom stereocenters. The summed E-state index contributed by atoms with van der Waals surface area (Å²) in [6.45, 7) is 5.24. The minimum absolute atomic E-state index is 0.217. The summed E-state index contributed by atoms with van der Waals surface area (Å²) in [5.74, 6) is -0.276. The molecule has 3 rings (SSSR count). The molecule has 7 heteroatoms. The van der Waals surface area contributed by atoms with E-state index in [1.165, 1.54) is 4.90 Å². The molecular weight excluding hydrogens is 388 g/mol. The van der Waals surface area contributed by atoms with Gasteiger partial charge in [0.15, 0.2) is 13.2 Å². The summed E-state index contributed by atoms with van der Waals surface area (Å²) in [4.78, 5) is 30.5. The number of likely N-dealkylation sites (N-methyl/N-ethyl adjacent to an activating group) is 1. The predicted molar refractivity (Wildman–Crippen MR) is 113 cm³/mol. The van der Waals surface area contributed by atoms with Gasteiger partial charge in [0.2, 0.25) is 0 Å². The number of nitrogens with zero attached hydrogens (tertiary/aromatic N) is 2. The summed E-state index contributed by atoms with van der Waals surface area (Å²) in [5, 5.41) is 0.839. The van der Waals surface area contributed by atoms with Gasteiger partial charge < -0.3 is 14.4 Å². The Morgan fingerprint density at radius 2 is 1.79 bits per heavy atom. The molecule has 2 aromatic carbocycles. The van der Waals surface area contributed by atoms with E-state index in [1.807, 2.05) is 63.2 Å². The second-order valence-corrected chi connectivity index (χ2v) is 8.04. The Morgan fingerprint density at radius 1 is 1.10 bits per heavy atom. The average Bonchev–Trinajstić information content (AvgIpc) is 3.12. The van der Waals surface area contributed by atoms with Gasteiger partial charge in [0.25, 0.3) is 5.91 Å². The fourth-order valence-electron chi connectivity index (χ4n) is 2.89. The van der Waals surface area contributed by atoms with Crippen molar-refractivity contribution in [2.45, 2.75) is 26.8 Å². The predicted octanol–water partition coefficient (Wildman–Crippen LogP) is 4.05. The van der Waals surface area contributed by atoms with Crippen LogP contribution in [0.3, 0.4) is 0 Å². The minimum Gasteiger partial charge on any atom is -0.482 e. The van der Waals surface area contributed by atoms with Crippen LogP contribution in [-0.2, 0) is 14.3 Å². The number of aryl methyl sites for hydroxylation is 2. The topological polar surface area (TPSA) is 68.7 Å². The Kier molecular flexibility index (Phi) is 6.49. The maximum Gasteiger partial charge on any atom is 0.344 e. The smallest absolute Gasteiger partial charge is 0.344 e. The fourth-order valence-corrected chi connectivity index (χ4v) is 3.96. The van der Waals surface area contributed by atoms with Gasteiger partial charge >= 0.3 is 5.97 Å². The van der Waals surface area contributed by atoms with E-state index in [0.29, 0.717) is 5.75 Å². The van der Waals surface area contributed by atoms with Gasteiger partial charge in [0, 0.05) is 7.05 Å². The molecule has 1 heterocycles. The van der Waals surface area contributed by atoms with Gasteiger partial charge in [-0.05, 0) is 56.2 Å². The second kappa shape index (κ2) is 9.05. The van der Waals surface area contributed by atoms with E-state index >= 15 is 0 Å². The zero-order valence-corrected chi connectivity index (χ0v) is 17.8. The van der Waals surface area contributed by atoms with Gasteiger partial charge in [0.05, 0.1) is 16.3 Å². The molecule has 0 saturated heterocycles. The number of carbonyl (C=O) groups is 2. The lowest BCUT2D eigenvalue weighted by Crippen LogP contribution is -2.34. The molecule has 1 amide bonds. The van der Waals surface area contributed by atoms with Crippen molar-refractivity contribution in [3.8, 4) is 5.75 Å². The first-order valence-electron chi connectivity index (χ1n) is 9.31. The molecule has 29 heavy (non-hydrogen) atoms. The molecule has 0 saturated carbocycles. The molecule has 0 bridgehead atoms. The quantitative estimate of drug-likeness (QED) is 0.548. The van der Waals surface area contributed by atoms with Crippen LogP contribution in [0.15, 0.2) is 42.5 Å². The van der Waals surface area contributed by atoms with Crippen LogP contribution in [0.4, 0.5) is 0 Å². The number of rotatable bonds is 7. The summed E-state index contributed by atoms with van der Waals surface area (Å²) in [6.07, 6.45) is 0. The highest BCUT2D eigenvalue weighted by atomic mass is 32.1. The van der Waals surface area contributed by atoms with Crippen LogP contribution in [0.2, 0.25) is 0 Å². The number of esters is 1. The number of fused-ring (bicyclic) bond motifs is 1. The van der Waals surface area contributed by atoms with Gasteiger partial charge in [-0.1, -0.05) is 18.2 Å². The summed E-state index contributed by atoms with van der Waals surface area (Å²) in [7, 11) is 1.68. The highest BCUT2D eigenvalue weighted by Crippen LogP contribution is 2.28. The zero-order chi connectivity index (χ0) is 21.0. The molecular formula is C22H24N2O4S. The van der Waals surface area contributed by atoms with Crippen LogP contribution in [0.5, 0.6) is 5.75 Å². The van der Waals surface area contributed by atoms with Gasteiger partial charge in [0.1, 0.15) is 10.8 Å². The normalized spacial score (nSPS) is 11.9. The van der Waals surface area contributed by atoms with E-state index in [0.717, 1.165) is 26.4 Å². The fraction of sp³-hybridized carbons (Fsp3) is 0.318. The molecule has 1 aromatic heterocycles. The maximum absolute atomic E-state index is 12.4. The number of hydrogen-bond donors (Lipinski definition) is 0. The van der Waals surface area contributed by atoms with E-state index < -0.39 is 5.97 Å². The molecule has 6 nitrogen and oxygen atoms in total. The van der Waals surface area contributed by atoms with Crippen molar-refractivity contribution in [3.63, 3.8) is 0 Å². The highest BCUT2D eigenvalue weighted by Gasteiger charge is 2.21. The number of thiazole rings is 1. The number of ether oxygens (including phenoxy) is 2. The molecule has 0 aliphatic carbocycles. The number of hydrogen-bond acceptors (Lipinski definition) is 6. The molecule has 0 aliphatic rings. The first kappa shape index (κ1) is 20.8. The first-order chi connectivity index (χ1) is 13.8. The van der Waals surface area contributed by atoms with Crippen molar-refractivity contribution < 1.29 is 19.1 Å². The lowest BCUT2D eigenvalue weighted by Gasteiger charge is -2.23. The van der Waals surface area contributed by atoms with E-state index in [-0.39, 0.29) is 25.2 Å². The van der Waals surface area contributed by atoms with Crippen molar-refractivity contribution >= 4 is 33.4 Å². The second-order valence-electron chi connectivity index (χ2n) is 6.97. The lowest BCUT2D eigenvalue weighted by molar-refractivity contribution is -0.153. The van der Waals surface area contributed by atoms with Crippen molar-refractivity contribution in [3.05, 3.63) is 58.6 Å². The summed E-state index contributed by atoms with van der Waals surface area (Å²) in [6, 6.07) is 13.3. The SMILES string of the molecule is Cc1cc(C)cc(OCC(=O)OCC(=O)N(C)[C@H](C)c2nc3ccccc3s2)c1. The van der Waals surface area contributed by atoms with Crippen LogP contribution in [-0.4, -0.2) is 42.0 Å². The number of benzene rings is 2. The van der Waals surface area contributed by atoms with Crippen molar-refractivity contribution in [2.75, 3.05) is 20.3 Å². The maximum atomic E-state index is 12.4. The molecule has 0 unspecified atom stereocenters. The molecule has 0 N–H and O–H groups in total. The monoisotopic (exact) mass is 412 g/mol. The molecule has 0 fully saturated rings. The third-order valence-corrected chi connectivity index (χ3v) is 5.76. The van der Waals surface area contributed by atoms with Crippen LogP contribution in [0, 0.1) is 13.8 Å². The minimum atomic E-state index is -0.585. The van der Waals surface area contributed by atoms with Crippen molar-refractivity contribution in [2.24, 2.45) is 0 Å². The Balaban J connectivity index is 1.50. The summed E-state index contributed by atoms with van der Waals surface area (Å²) < 4.78 is 11.6. The molecule has 0 aliphatic heterocycles. The lowest BCUT2D eigenvalue weighted by atomic mass is 10.1. The third-order valence-electron chi connectivity index (χ3n) is 4.55. The summed E-state index contributed by atoms with van der Waals surface area (Å²) >= 11 is 1.55. The van der Waals surface area contributed by atoms with Crippen LogP contribution < -0.4 is 4.74 Å². The van der Waals surface area contributed by atoms with Crippen LogP contribution in [0.1, 0.15) is 29.1 Å². The average molecular weight is 413 g/mol. The number of para-hydroxylation sites is 1. The Labute approximate surface area is 174 Å².